The number of ether oxygens (including phenoxy) is 1. The summed E-state index contributed by atoms with van der Waals surface area (Å²) in [5.41, 5.74) is 0.370. The zero-order valence-electron chi connectivity index (χ0n) is 9.78. The summed E-state index contributed by atoms with van der Waals surface area (Å²) in [6.45, 7) is 0.610. The van der Waals surface area contributed by atoms with Crippen LogP contribution in [0.1, 0.15) is 25.7 Å². The van der Waals surface area contributed by atoms with Gasteiger partial charge in [-0.3, -0.25) is 0 Å². The second kappa shape index (κ2) is 6.81. The van der Waals surface area contributed by atoms with Gasteiger partial charge in [-0.15, -0.1) is 11.6 Å². The third kappa shape index (κ3) is 7.11. The molecule has 1 rings (SSSR count). The smallest absolute Gasteiger partial charge is 0.372 e. The number of halogens is 4. The molecule has 0 bridgehead atoms. The lowest BCUT2D eigenvalue weighted by molar-refractivity contribution is -0.173. The average molecular weight is 274 g/mol. The van der Waals surface area contributed by atoms with E-state index in [1.165, 1.54) is 12.8 Å². The van der Waals surface area contributed by atoms with Crippen LogP contribution in [0.2, 0.25) is 0 Å². The maximum absolute atomic E-state index is 11.7. The Morgan fingerprint density at radius 2 is 2.00 bits per heavy atom. The molecule has 1 saturated carbocycles. The summed E-state index contributed by atoms with van der Waals surface area (Å²) in [6.07, 6.45) is -0.181. The van der Waals surface area contributed by atoms with E-state index < -0.39 is 12.8 Å². The Bertz CT molecular complexity index is 219. The lowest BCUT2D eigenvalue weighted by Gasteiger charge is -2.14. The number of nitrogens with one attached hydrogen (secondary N) is 1. The van der Waals surface area contributed by atoms with Crippen LogP contribution in [0.4, 0.5) is 13.2 Å². The van der Waals surface area contributed by atoms with Gasteiger partial charge in [0.1, 0.15) is 6.61 Å². The standard InChI is InChI=1S/C11H19ClF3NO/c12-5-4-10(2-3-10)8-16-6-1-7-17-9-11(13,14)15/h16H,1-9H2. The van der Waals surface area contributed by atoms with Crippen molar-refractivity contribution in [3.8, 4) is 0 Å². The Kier molecular flexibility index (Phi) is 6.03. The quantitative estimate of drug-likeness (QED) is 0.515. The van der Waals surface area contributed by atoms with Gasteiger partial charge in [0.25, 0.3) is 0 Å². The molecule has 1 N–H and O–H groups in total. The third-order valence-corrected chi connectivity index (χ3v) is 3.18. The van der Waals surface area contributed by atoms with Gasteiger partial charge in [-0.2, -0.15) is 13.2 Å². The number of hydrogen-bond acceptors (Lipinski definition) is 2. The minimum Gasteiger partial charge on any atom is -0.372 e. The third-order valence-electron chi connectivity index (χ3n) is 2.99. The Hall–Kier alpha value is 0. The molecule has 2 nitrogen and oxygen atoms in total. The molecule has 102 valence electrons. The maximum atomic E-state index is 11.7. The van der Waals surface area contributed by atoms with Crippen molar-refractivity contribution >= 4 is 11.6 Å². The zero-order chi connectivity index (χ0) is 12.8. The van der Waals surface area contributed by atoms with Crippen molar-refractivity contribution in [3.05, 3.63) is 0 Å². The molecule has 1 fully saturated rings. The molecule has 0 heterocycles. The topological polar surface area (TPSA) is 21.3 Å². The first-order valence-corrected chi connectivity index (χ1v) is 6.42. The van der Waals surface area contributed by atoms with Crippen molar-refractivity contribution in [1.82, 2.24) is 5.32 Å². The first kappa shape index (κ1) is 15.1. The summed E-state index contributed by atoms with van der Waals surface area (Å²) in [5.74, 6) is 0.677. The summed E-state index contributed by atoms with van der Waals surface area (Å²) < 4.78 is 39.7. The van der Waals surface area contributed by atoms with Gasteiger partial charge in [0.15, 0.2) is 0 Å². The van der Waals surface area contributed by atoms with Crippen molar-refractivity contribution in [2.45, 2.75) is 31.9 Å². The Balaban J connectivity index is 1.88. The molecule has 0 saturated heterocycles. The number of hydrogen-bond donors (Lipinski definition) is 1. The maximum Gasteiger partial charge on any atom is 0.411 e. The van der Waals surface area contributed by atoms with E-state index in [0.717, 1.165) is 13.0 Å². The van der Waals surface area contributed by atoms with Crippen LogP contribution >= 0.6 is 11.6 Å². The number of rotatable bonds is 9. The number of alkyl halides is 4. The van der Waals surface area contributed by atoms with Crippen molar-refractivity contribution in [2.24, 2.45) is 5.41 Å². The zero-order valence-corrected chi connectivity index (χ0v) is 10.5. The van der Waals surface area contributed by atoms with Gasteiger partial charge in [-0.05, 0) is 37.6 Å². The van der Waals surface area contributed by atoms with Crippen LogP contribution in [0.3, 0.4) is 0 Å². The molecule has 1 aliphatic rings. The highest BCUT2D eigenvalue weighted by atomic mass is 35.5. The molecule has 0 aromatic heterocycles. The van der Waals surface area contributed by atoms with Crippen LogP contribution < -0.4 is 5.32 Å². The fraction of sp³-hybridized carbons (Fsp3) is 1.00. The van der Waals surface area contributed by atoms with Gasteiger partial charge in [0.2, 0.25) is 0 Å². The second-order valence-electron chi connectivity index (χ2n) is 4.64. The van der Waals surface area contributed by atoms with Crippen LogP contribution in [0.15, 0.2) is 0 Å². The average Bonchev–Trinajstić information content (AvgIpc) is 2.96. The van der Waals surface area contributed by atoms with Crippen LogP contribution in [0.25, 0.3) is 0 Å². The van der Waals surface area contributed by atoms with Crippen molar-refractivity contribution < 1.29 is 17.9 Å². The molecule has 0 unspecified atom stereocenters. The fourth-order valence-electron chi connectivity index (χ4n) is 1.73. The minimum atomic E-state index is -4.22. The molecule has 1 aliphatic carbocycles. The fourth-order valence-corrected chi connectivity index (χ4v) is 2.13. The molecule has 0 amide bonds. The minimum absolute atomic E-state index is 0.148. The summed E-state index contributed by atoms with van der Waals surface area (Å²) in [6, 6.07) is 0. The van der Waals surface area contributed by atoms with Gasteiger partial charge < -0.3 is 10.1 Å². The highest BCUT2D eigenvalue weighted by Crippen LogP contribution is 2.48. The SMILES string of the molecule is FC(F)(F)COCCCNCC1(CCCl)CC1. The first-order valence-electron chi connectivity index (χ1n) is 5.89. The molecule has 0 atom stereocenters. The van der Waals surface area contributed by atoms with Crippen molar-refractivity contribution in [3.63, 3.8) is 0 Å². The van der Waals surface area contributed by atoms with E-state index in [0.29, 0.717) is 24.3 Å². The van der Waals surface area contributed by atoms with E-state index in [1.54, 1.807) is 0 Å². The van der Waals surface area contributed by atoms with Crippen LogP contribution in [0, 0.1) is 5.41 Å². The first-order chi connectivity index (χ1) is 7.97. The predicted molar refractivity (Wildman–Crippen MR) is 61.4 cm³/mol. The lowest BCUT2D eigenvalue weighted by atomic mass is 10.0. The van der Waals surface area contributed by atoms with Crippen LogP contribution in [0.5, 0.6) is 0 Å². The van der Waals surface area contributed by atoms with Gasteiger partial charge in [-0.25, -0.2) is 0 Å². The summed E-state index contributed by atoms with van der Waals surface area (Å²) in [7, 11) is 0. The van der Waals surface area contributed by atoms with Gasteiger partial charge in [0.05, 0.1) is 0 Å². The predicted octanol–water partition coefficient (Wildman–Crippen LogP) is 2.95. The van der Waals surface area contributed by atoms with E-state index in [2.05, 4.69) is 10.1 Å². The molecular weight excluding hydrogens is 255 g/mol. The van der Waals surface area contributed by atoms with E-state index in [9.17, 15) is 13.2 Å². The summed E-state index contributed by atoms with van der Waals surface area (Å²) >= 11 is 5.70. The summed E-state index contributed by atoms with van der Waals surface area (Å²) in [4.78, 5) is 0. The summed E-state index contributed by atoms with van der Waals surface area (Å²) in [5, 5.41) is 3.25. The van der Waals surface area contributed by atoms with E-state index in [-0.39, 0.29) is 6.61 Å². The molecule has 6 heteroatoms. The van der Waals surface area contributed by atoms with Gasteiger partial charge in [0, 0.05) is 19.0 Å². The van der Waals surface area contributed by atoms with Crippen molar-refractivity contribution in [2.75, 3.05) is 32.2 Å². The van der Waals surface area contributed by atoms with E-state index in [4.69, 9.17) is 11.6 Å². The molecule has 0 spiro atoms. The molecule has 0 aromatic carbocycles. The highest BCUT2D eigenvalue weighted by Gasteiger charge is 2.40. The Morgan fingerprint density at radius 3 is 2.53 bits per heavy atom. The molecule has 0 aliphatic heterocycles. The van der Waals surface area contributed by atoms with E-state index >= 15 is 0 Å². The lowest BCUT2D eigenvalue weighted by Crippen LogP contribution is -2.26. The molecular formula is C11H19ClF3NO. The molecule has 17 heavy (non-hydrogen) atoms. The molecule has 0 aromatic rings. The Labute approximate surface area is 105 Å². The largest absolute Gasteiger partial charge is 0.411 e. The van der Waals surface area contributed by atoms with Crippen LogP contribution in [-0.2, 0) is 4.74 Å². The van der Waals surface area contributed by atoms with Crippen LogP contribution in [-0.4, -0.2) is 38.4 Å². The highest BCUT2D eigenvalue weighted by molar-refractivity contribution is 6.17. The van der Waals surface area contributed by atoms with E-state index in [1.807, 2.05) is 0 Å². The van der Waals surface area contributed by atoms with Gasteiger partial charge >= 0.3 is 6.18 Å². The normalized spacial score (nSPS) is 18.4. The van der Waals surface area contributed by atoms with Crippen molar-refractivity contribution in [1.29, 1.82) is 0 Å². The second-order valence-corrected chi connectivity index (χ2v) is 5.02. The van der Waals surface area contributed by atoms with Gasteiger partial charge in [-0.1, -0.05) is 0 Å². The molecule has 0 radical (unpaired) electrons. The monoisotopic (exact) mass is 273 g/mol. The Morgan fingerprint density at radius 1 is 1.29 bits per heavy atom.